The second-order valence-electron chi connectivity index (χ2n) is 6.25. The SMILES string of the molecule is Cc1ccnc([C@]2(C)CCCN2C(=O)Cc2cccc(F)c2)n1. The van der Waals surface area contributed by atoms with Gasteiger partial charge in [0.25, 0.3) is 0 Å². The Labute approximate surface area is 135 Å². The maximum Gasteiger partial charge on any atom is 0.227 e. The summed E-state index contributed by atoms with van der Waals surface area (Å²) in [7, 11) is 0. The summed E-state index contributed by atoms with van der Waals surface area (Å²) in [5.74, 6) is 0.352. The molecule has 0 bridgehead atoms. The van der Waals surface area contributed by atoms with E-state index in [9.17, 15) is 9.18 Å². The Morgan fingerprint density at radius 2 is 2.22 bits per heavy atom. The molecular formula is C18H20FN3O. The van der Waals surface area contributed by atoms with E-state index in [1.807, 2.05) is 24.8 Å². The molecule has 0 N–H and O–H groups in total. The van der Waals surface area contributed by atoms with Crippen molar-refractivity contribution in [3.63, 3.8) is 0 Å². The zero-order valence-electron chi connectivity index (χ0n) is 13.4. The van der Waals surface area contributed by atoms with Gasteiger partial charge in [0, 0.05) is 18.4 Å². The zero-order valence-corrected chi connectivity index (χ0v) is 13.4. The third kappa shape index (κ3) is 3.09. The first-order valence-electron chi connectivity index (χ1n) is 7.84. The number of hydrogen-bond acceptors (Lipinski definition) is 3. The van der Waals surface area contributed by atoms with E-state index in [1.54, 1.807) is 18.3 Å². The van der Waals surface area contributed by atoms with E-state index in [0.717, 1.165) is 18.5 Å². The minimum absolute atomic E-state index is 0.0132. The number of halogens is 1. The number of aryl methyl sites for hydroxylation is 1. The van der Waals surface area contributed by atoms with Gasteiger partial charge < -0.3 is 4.90 Å². The van der Waals surface area contributed by atoms with Crippen LogP contribution in [-0.2, 0) is 16.8 Å². The molecule has 1 fully saturated rings. The van der Waals surface area contributed by atoms with Crippen molar-refractivity contribution in [3.8, 4) is 0 Å². The normalized spacial score (nSPS) is 20.7. The van der Waals surface area contributed by atoms with E-state index in [0.29, 0.717) is 17.9 Å². The molecule has 2 heterocycles. The summed E-state index contributed by atoms with van der Waals surface area (Å²) in [6, 6.07) is 8.05. The van der Waals surface area contributed by atoms with Crippen LogP contribution in [0.15, 0.2) is 36.5 Å². The van der Waals surface area contributed by atoms with Crippen LogP contribution in [0.3, 0.4) is 0 Å². The first-order chi connectivity index (χ1) is 11.0. The molecule has 1 atom stereocenters. The molecule has 2 aromatic rings. The molecule has 0 radical (unpaired) electrons. The van der Waals surface area contributed by atoms with Gasteiger partial charge in [-0.25, -0.2) is 14.4 Å². The van der Waals surface area contributed by atoms with Crippen molar-refractivity contribution in [2.24, 2.45) is 0 Å². The van der Waals surface area contributed by atoms with E-state index in [2.05, 4.69) is 9.97 Å². The van der Waals surface area contributed by atoms with Crippen LogP contribution >= 0.6 is 0 Å². The van der Waals surface area contributed by atoms with Crippen LogP contribution in [0.5, 0.6) is 0 Å². The van der Waals surface area contributed by atoms with Crippen molar-refractivity contribution in [1.29, 1.82) is 0 Å². The molecule has 1 aliphatic rings. The number of carbonyl (C=O) groups is 1. The predicted molar refractivity (Wildman–Crippen MR) is 85.2 cm³/mol. The third-order valence-corrected chi connectivity index (χ3v) is 4.46. The summed E-state index contributed by atoms with van der Waals surface area (Å²) in [5.41, 5.74) is 1.09. The minimum Gasteiger partial charge on any atom is -0.330 e. The Morgan fingerprint density at radius 3 is 2.96 bits per heavy atom. The number of aromatic nitrogens is 2. The van der Waals surface area contributed by atoms with E-state index in [4.69, 9.17) is 0 Å². The molecule has 120 valence electrons. The molecule has 1 aromatic carbocycles. The van der Waals surface area contributed by atoms with Gasteiger partial charge in [-0.15, -0.1) is 0 Å². The molecule has 1 aliphatic heterocycles. The van der Waals surface area contributed by atoms with Crippen LogP contribution in [0.2, 0.25) is 0 Å². The Bertz CT molecular complexity index is 734. The summed E-state index contributed by atoms with van der Waals surface area (Å²) in [4.78, 5) is 23.5. The maximum atomic E-state index is 13.3. The average Bonchev–Trinajstić information content (AvgIpc) is 2.91. The smallest absolute Gasteiger partial charge is 0.227 e. The molecule has 0 spiro atoms. The van der Waals surface area contributed by atoms with Gasteiger partial charge in [-0.05, 0) is 50.5 Å². The quantitative estimate of drug-likeness (QED) is 0.875. The lowest BCUT2D eigenvalue weighted by Crippen LogP contribution is -2.44. The van der Waals surface area contributed by atoms with Crippen molar-refractivity contribution < 1.29 is 9.18 Å². The molecule has 1 aromatic heterocycles. The Morgan fingerprint density at radius 1 is 1.39 bits per heavy atom. The molecule has 0 saturated carbocycles. The van der Waals surface area contributed by atoms with Gasteiger partial charge in [0.1, 0.15) is 5.82 Å². The number of benzene rings is 1. The van der Waals surface area contributed by atoms with Crippen molar-refractivity contribution >= 4 is 5.91 Å². The summed E-state index contributed by atoms with van der Waals surface area (Å²) in [6.07, 6.45) is 3.68. The van der Waals surface area contributed by atoms with E-state index >= 15 is 0 Å². The van der Waals surface area contributed by atoms with Gasteiger partial charge in [0.05, 0.1) is 12.0 Å². The lowest BCUT2D eigenvalue weighted by Gasteiger charge is -2.34. The van der Waals surface area contributed by atoms with Crippen LogP contribution in [0.25, 0.3) is 0 Å². The zero-order chi connectivity index (χ0) is 16.4. The number of hydrogen-bond donors (Lipinski definition) is 0. The van der Waals surface area contributed by atoms with Crippen LogP contribution in [-0.4, -0.2) is 27.3 Å². The highest BCUT2D eigenvalue weighted by Crippen LogP contribution is 2.37. The lowest BCUT2D eigenvalue weighted by molar-refractivity contribution is -0.134. The highest BCUT2D eigenvalue weighted by Gasteiger charge is 2.43. The van der Waals surface area contributed by atoms with E-state index < -0.39 is 5.54 Å². The van der Waals surface area contributed by atoms with Crippen LogP contribution in [0.1, 0.15) is 36.8 Å². The molecular weight excluding hydrogens is 293 g/mol. The van der Waals surface area contributed by atoms with Gasteiger partial charge in [-0.3, -0.25) is 4.79 Å². The van der Waals surface area contributed by atoms with Crippen molar-refractivity contribution in [3.05, 3.63) is 59.4 Å². The van der Waals surface area contributed by atoms with Gasteiger partial charge in [-0.2, -0.15) is 0 Å². The first-order valence-corrected chi connectivity index (χ1v) is 7.84. The first kappa shape index (κ1) is 15.6. The van der Waals surface area contributed by atoms with E-state index in [1.165, 1.54) is 12.1 Å². The highest BCUT2D eigenvalue weighted by molar-refractivity contribution is 5.80. The fourth-order valence-electron chi connectivity index (χ4n) is 3.22. The fraction of sp³-hybridized carbons (Fsp3) is 0.389. The number of nitrogens with zero attached hydrogens (tertiary/aromatic N) is 3. The molecule has 0 unspecified atom stereocenters. The van der Waals surface area contributed by atoms with Crippen LogP contribution in [0.4, 0.5) is 4.39 Å². The summed E-state index contributed by atoms with van der Waals surface area (Å²) < 4.78 is 13.3. The number of amides is 1. The van der Waals surface area contributed by atoms with Gasteiger partial charge in [0.15, 0.2) is 5.82 Å². The molecule has 23 heavy (non-hydrogen) atoms. The van der Waals surface area contributed by atoms with Gasteiger partial charge in [0.2, 0.25) is 5.91 Å². The van der Waals surface area contributed by atoms with E-state index in [-0.39, 0.29) is 18.1 Å². The Hall–Kier alpha value is -2.30. The molecule has 1 saturated heterocycles. The number of rotatable bonds is 3. The summed E-state index contributed by atoms with van der Waals surface area (Å²) in [6.45, 7) is 4.61. The molecule has 1 amide bonds. The molecule has 0 aliphatic carbocycles. The number of carbonyl (C=O) groups excluding carboxylic acids is 1. The van der Waals surface area contributed by atoms with Gasteiger partial charge >= 0.3 is 0 Å². The molecule has 3 rings (SSSR count). The maximum absolute atomic E-state index is 13.3. The second-order valence-corrected chi connectivity index (χ2v) is 6.25. The summed E-state index contributed by atoms with van der Waals surface area (Å²) >= 11 is 0. The average molecular weight is 313 g/mol. The van der Waals surface area contributed by atoms with Crippen LogP contribution < -0.4 is 0 Å². The highest BCUT2D eigenvalue weighted by atomic mass is 19.1. The third-order valence-electron chi connectivity index (χ3n) is 4.46. The largest absolute Gasteiger partial charge is 0.330 e. The minimum atomic E-state index is -0.490. The lowest BCUT2D eigenvalue weighted by atomic mass is 9.96. The Balaban J connectivity index is 1.84. The molecule has 4 nitrogen and oxygen atoms in total. The number of likely N-dealkylation sites (tertiary alicyclic amines) is 1. The monoisotopic (exact) mass is 313 g/mol. The standard InChI is InChI=1S/C18H20FN3O/c1-13-7-9-20-17(21-13)18(2)8-4-10-22(18)16(23)12-14-5-3-6-15(19)11-14/h3,5-7,9,11H,4,8,10,12H2,1-2H3/t18-/m0/s1. The van der Waals surface area contributed by atoms with Crippen molar-refractivity contribution in [1.82, 2.24) is 14.9 Å². The molecule has 5 heteroatoms. The van der Waals surface area contributed by atoms with Crippen molar-refractivity contribution in [2.45, 2.75) is 38.6 Å². The predicted octanol–water partition coefficient (Wildman–Crippen LogP) is 3.00. The van der Waals surface area contributed by atoms with Crippen LogP contribution in [0, 0.1) is 12.7 Å². The Kier molecular flexibility index (Phi) is 4.11. The topological polar surface area (TPSA) is 46.1 Å². The second kappa shape index (κ2) is 6.07. The fourth-order valence-corrected chi connectivity index (χ4v) is 3.22. The van der Waals surface area contributed by atoms with Gasteiger partial charge in [-0.1, -0.05) is 12.1 Å². The summed E-state index contributed by atoms with van der Waals surface area (Å²) in [5, 5.41) is 0. The van der Waals surface area contributed by atoms with Crippen molar-refractivity contribution in [2.75, 3.05) is 6.54 Å².